The van der Waals surface area contributed by atoms with Gasteiger partial charge in [-0.2, -0.15) is 0 Å². The van der Waals surface area contributed by atoms with Crippen LogP contribution in [0.3, 0.4) is 0 Å². The van der Waals surface area contributed by atoms with E-state index in [0.717, 1.165) is 5.56 Å². The Labute approximate surface area is 220 Å². The molecule has 10 heteroatoms. The van der Waals surface area contributed by atoms with E-state index in [1.54, 1.807) is 60.7 Å². The Morgan fingerprint density at radius 1 is 0.816 bits per heavy atom. The van der Waals surface area contributed by atoms with Crippen molar-refractivity contribution in [2.24, 2.45) is 16.9 Å². The van der Waals surface area contributed by atoms with E-state index in [0.29, 0.717) is 5.56 Å². The van der Waals surface area contributed by atoms with Gasteiger partial charge in [0, 0.05) is 6.42 Å². The molecule has 2 aromatic carbocycles. The number of carbonyl (C=O) groups excluding carboxylic acids is 3. The van der Waals surface area contributed by atoms with Crippen LogP contribution in [0.4, 0.5) is 0 Å². The Morgan fingerprint density at radius 2 is 1.37 bits per heavy atom. The van der Waals surface area contributed by atoms with E-state index in [4.69, 9.17) is 16.6 Å². The number of ketones is 2. The number of amides is 1. The van der Waals surface area contributed by atoms with E-state index in [9.17, 15) is 29.1 Å². The predicted octanol–water partition coefficient (Wildman–Crippen LogP) is 1.24. The van der Waals surface area contributed by atoms with Gasteiger partial charge in [0.2, 0.25) is 5.91 Å². The molecule has 1 fully saturated rings. The maximum Gasteiger partial charge on any atom is 0.325 e. The first-order valence-electron chi connectivity index (χ1n) is 12.5. The molecule has 4 atom stereocenters. The van der Waals surface area contributed by atoms with Gasteiger partial charge in [0.05, 0.1) is 18.5 Å². The molecule has 0 aliphatic heterocycles. The lowest BCUT2D eigenvalue weighted by atomic mass is 9.62. The quantitative estimate of drug-likeness (QED) is 0.240. The number of nitrogens with two attached hydrogens (primary N) is 2. The molecule has 1 aliphatic rings. The number of aliphatic carboxylic acids is 2. The third kappa shape index (κ3) is 5.98. The highest BCUT2D eigenvalue weighted by Gasteiger charge is 2.67. The molecule has 0 saturated heterocycles. The van der Waals surface area contributed by atoms with E-state index < -0.39 is 65.3 Å². The van der Waals surface area contributed by atoms with Crippen molar-refractivity contribution in [3.05, 3.63) is 71.8 Å². The average molecular weight is 524 g/mol. The van der Waals surface area contributed by atoms with Gasteiger partial charge < -0.3 is 27.0 Å². The molecule has 0 radical (unpaired) electrons. The molecule has 202 valence electrons. The van der Waals surface area contributed by atoms with Gasteiger partial charge in [-0.15, -0.1) is 0 Å². The first-order valence-corrected chi connectivity index (χ1v) is 12.5. The van der Waals surface area contributed by atoms with Gasteiger partial charge >= 0.3 is 11.9 Å². The molecular weight excluding hydrogens is 490 g/mol. The highest BCUT2D eigenvalue weighted by molar-refractivity contribution is 6.16. The molecule has 7 N–H and O–H groups in total. The van der Waals surface area contributed by atoms with Gasteiger partial charge in [-0.3, -0.25) is 24.0 Å². The summed E-state index contributed by atoms with van der Waals surface area (Å²) in [4.78, 5) is 64.4. The Hall–Kier alpha value is -3.89. The second-order valence-corrected chi connectivity index (χ2v) is 9.76. The predicted molar refractivity (Wildman–Crippen MR) is 138 cm³/mol. The molecule has 0 aromatic heterocycles. The molecule has 38 heavy (non-hydrogen) atoms. The third-order valence-corrected chi connectivity index (χ3v) is 7.24. The number of hydrogen-bond donors (Lipinski definition) is 5. The van der Waals surface area contributed by atoms with Gasteiger partial charge in [0.25, 0.3) is 0 Å². The third-order valence-electron chi connectivity index (χ3n) is 7.24. The zero-order valence-electron chi connectivity index (χ0n) is 21.0. The molecule has 0 bridgehead atoms. The van der Waals surface area contributed by atoms with Crippen molar-refractivity contribution in [1.29, 1.82) is 0 Å². The molecular formula is C28H33N3O7. The van der Waals surface area contributed by atoms with Crippen LogP contribution < -0.4 is 16.8 Å². The van der Waals surface area contributed by atoms with Crippen LogP contribution in [-0.4, -0.2) is 57.2 Å². The maximum atomic E-state index is 14.3. The van der Waals surface area contributed by atoms with Crippen molar-refractivity contribution < 1.29 is 34.2 Å². The zero-order valence-corrected chi connectivity index (χ0v) is 21.0. The van der Waals surface area contributed by atoms with Crippen LogP contribution in [0.5, 0.6) is 0 Å². The molecule has 3 rings (SSSR count). The first kappa shape index (κ1) is 28.7. The van der Waals surface area contributed by atoms with Crippen molar-refractivity contribution in [2.75, 3.05) is 0 Å². The van der Waals surface area contributed by atoms with Gasteiger partial charge in [0.1, 0.15) is 11.0 Å². The zero-order chi connectivity index (χ0) is 27.9. The van der Waals surface area contributed by atoms with E-state index in [1.807, 2.05) is 0 Å². The topological polar surface area (TPSA) is 190 Å². The van der Waals surface area contributed by atoms with Crippen molar-refractivity contribution in [3.63, 3.8) is 0 Å². The molecule has 0 spiro atoms. The van der Waals surface area contributed by atoms with Crippen LogP contribution in [0.1, 0.15) is 43.2 Å². The summed E-state index contributed by atoms with van der Waals surface area (Å²) >= 11 is 0. The van der Waals surface area contributed by atoms with Gasteiger partial charge in [-0.1, -0.05) is 60.7 Å². The Kier molecular flexibility index (Phi) is 9.13. The summed E-state index contributed by atoms with van der Waals surface area (Å²) in [5.41, 5.74) is 9.66. The number of benzene rings is 2. The number of rotatable bonds is 13. The molecule has 1 saturated carbocycles. The van der Waals surface area contributed by atoms with Crippen LogP contribution in [0.2, 0.25) is 0 Å². The highest BCUT2D eigenvalue weighted by Crippen LogP contribution is 2.48. The fourth-order valence-electron chi connectivity index (χ4n) is 5.29. The smallest absolute Gasteiger partial charge is 0.325 e. The molecule has 4 unspecified atom stereocenters. The lowest BCUT2D eigenvalue weighted by molar-refractivity contribution is -0.160. The molecule has 1 amide bonds. The summed E-state index contributed by atoms with van der Waals surface area (Å²) in [5, 5.41) is 21.7. The largest absolute Gasteiger partial charge is 0.481 e. The van der Waals surface area contributed by atoms with Crippen molar-refractivity contribution >= 4 is 29.4 Å². The van der Waals surface area contributed by atoms with Gasteiger partial charge in [-0.25, -0.2) is 0 Å². The normalized spacial score (nSPS) is 22.3. The van der Waals surface area contributed by atoms with E-state index >= 15 is 0 Å². The number of hydrogen-bond acceptors (Lipinski definition) is 7. The number of carboxylic acids is 2. The summed E-state index contributed by atoms with van der Waals surface area (Å²) < 4.78 is 0. The van der Waals surface area contributed by atoms with Crippen LogP contribution in [0.25, 0.3) is 0 Å². The molecule has 2 aromatic rings. The maximum absolute atomic E-state index is 14.3. The minimum absolute atomic E-state index is 0.0445. The number of carbonyl (C=O) groups is 5. The lowest BCUT2D eigenvalue weighted by Crippen LogP contribution is -2.69. The summed E-state index contributed by atoms with van der Waals surface area (Å²) in [6.45, 7) is 0. The minimum atomic E-state index is -2.23. The van der Waals surface area contributed by atoms with Gasteiger partial charge in [-0.05, 0) is 43.2 Å². The standard InChI is InChI=1S/C28H33N3O7/c29-20(16-18-8-3-1-4-9-18)24(35)27(14-7-15-28(27,30)26(37)38)25(36)21(17-19-10-5-2-6-11-19)31-22(32)12-13-23(33)34/h1-6,8-11,20-21H,7,12-17,29-30H2,(H,31,32)(H,33,34)(H,37,38). The summed E-state index contributed by atoms with van der Waals surface area (Å²) in [6, 6.07) is 15.0. The lowest BCUT2D eigenvalue weighted by Gasteiger charge is -2.41. The Morgan fingerprint density at radius 3 is 1.89 bits per heavy atom. The second-order valence-electron chi connectivity index (χ2n) is 9.76. The van der Waals surface area contributed by atoms with Gasteiger partial charge in [0.15, 0.2) is 11.6 Å². The van der Waals surface area contributed by atoms with Crippen LogP contribution in [0.15, 0.2) is 60.7 Å². The van der Waals surface area contributed by atoms with Crippen molar-refractivity contribution in [3.8, 4) is 0 Å². The molecule has 0 heterocycles. The second kappa shape index (κ2) is 12.1. The average Bonchev–Trinajstić information content (AvgIpc) is 3.26. The Balaban J connectivity index is 2.03. The highest BCUT2D eigenvalue weighted by atomic mass is 16.4. The first-order chi connectivity index (χ1) is 18.0. The summed E-state index contributed by atoms with van der Waals surface area (Å²) in [6.07, 6.45) is -0.885. The van der Waals surface area contributed by atoms with Crippen LogP contribution in [0, 0.1) is 5.41 Å². The van der Waals surface area contributed by atoms with Crippen molar-refractivity contribution in [2.45, 2.75) is 62.6 Å². The fraction of sp³-hybridized carbons (Fsp3) is 0.393. The van der Waals surface area contributed by atoms with E-state index in [2.05, 4.69) is 5.32 Å². The van der Waals surface area contributed by atoms with E-state index in [-0.39, 0.29) is 32.1 Å². The fourth-order valence-corrected chi connectivity index (χ4v) is 5.29. The summed E-state index contributed by atoms with van der Waals surface area (Å²) in [5.74, 6) is -5.02. The number of carboxylic acid groups (broad SMARTS) is 2. The van der Waals surface area contributed by atoms with E-state index in [1.165, 1.54) is 0 Å². The SMILES string of the molecule is NC(Cc1ccccc1)C(=O)C1(C(=O)C(Cc2ccccc2)NC(=O)CCC(=O)O)CCCC1(N)C(=O)O. The minimum Gasteiger partial charge on any atom is -0.481 e. The summed E-state index contributed by atoms with van der Waals surface area (Å²) in [7, 11) is 0. The monoisotopic (exact) mass is 523 g/mol. The Bertz CT molecular complexity index is 1190. The van der Waals surface area contributed by atoms with Crippen molar-refractivity contribution in [1.82, 2.24) is 5.32 Å². The van der Waals surface area contributed by atoms with Crippen LogP contribution in [-0.2, 0) is 36.8 Å². The van der Waals surface area contributed by atoms with Crippen LogP contribution >= 0.6 is 0 Å². The number of Topliss-reactive ketones (excluding diaryl/α,β-unsaturated/α-hetero) is 2. The molecule has 1 aliphatic carbocycles. The number of nitrogens with one attached hydrogen (secondary N) is 1. The molecule has 10 nitrogen and oxygen atoms in total.